The second kappa shape index (κ2) is 3.64. The van der Waals surface area contributed by atoms with Crippen LogP contribution in [0.5, 0.6) is 0 Å². The van der Waals surface area contributed by atoms with E-state index in [9.17, 15) is 5.11 Å². The maximum atomic E-state index is 9.92. The molecule has 1 aromatic heterocycles. The van der Waals surface area contributed by atoms with Gasteiger partial charge in [0.2, 0.25) is 0 Å². The van der Waals surface area contributed by atoms with Crippen LogP contribution < -0.4 is 0 Å². The Kier molecular flexibility index (Phi) is 2.26. The molecular formula is C12H12N2OS. The van der Waals surface area contributed by atoms with Gasteiger partial charge in [-0.15, -0.1) is 0 Å². The molecule has 2 heterocycles. The molecule has 4 heteroatoms. The van der Waals surface area contributed by atoms with Gasteiger partial charge in [0.1, 0.15) is 16.6 Å². The van der Waals surface area contributed by atoms with E-state index in [0.717, 1.165) is 40.8 Å². The van der Waals surface area contributed by atoms with Crippen molar-refractivity contribution in [3.8, 4) is 0 Å². The van der Waals surface area contributed by atoms with Gasteiger partial charge in [-0.05, 0) is 25.0 Å². The maximum absolute atomic E-state index is 9.92. The van der Waals surface area contributed by atoms with Crippen molar-refractivity contribution in [2.24, 2.45) is 0 Å². The highest BCUT2D eigenvalue weighted by molar-refractivity contribution is 7.71. The largest absolute Gasteiger partial charge is 0.385 e. The van der Waals surface area contributed by atoms with Crippen molar-refractivity contribution >= 4 is 23.1 Å². The van der Waals surface area contributed by atoms with Crippen LogP contribution in [-0.2, 0) is 6.54 Å². The lowest BCUT2D eigenvalue weighted by atomic mass is 10.1. The normalized spacial score (nSPS) is 19.7. The van der Waals surface area contributed by atoms with Crippen molar-refractivity contribution in [2.45, 2.75) is 25.5 Å². The molecule has 3 nitrogen and oxygen atoms in total. The molecule has 2 aromatic rings. The van der Waals surface area contributed by atoms with Crippen molar-refractivity contribution < 1.29 is 5.11 Å². The summed E-state index contributed by atoms with van der Waals surface area (Å²) < 4.78 is 2.76. The molecule has 0 saturated carbocycles. The molecule has 1 aliphatic rings. The SMILES string of the molecule is OC1CCCn2c1nc1ccccc1c2=S. The number of hydrogen-bond acceptors (Lipinski definition) is 3. The first-order chi connectivity index (χ1) is 7.77. The van der Waals surface area contributed by atoms with Crippen LogP contribution in [0, 0.1) is 4.64 Å². The van der Waals surface area contributed by atoms with Gasteiger partial charge in [0.15, 0.2) is 0 Å². The molecule has 0 saturated heterocycles. The molecule has 1 N–H and O–H groups in total. The summed E-state index contributed by atoms with van der Waals surface area (Å²) in [5.74, 6) is 0.718. The van der Waals surface area contributed by atoms with Crippen molar-refractivity contribution in [2.75, 3.05) is 0 Å². The van der Waals surface area contributed by atoms with Gasteiger partial charge in [-0.1, -0.05) is 24.4 Å². The van der Waals surface area contributed by atoms with Gasteiger partial charge in [-0.25, -0.2) is 4.98 Å². The summed E-state index contributed by atoms with van der Waals surface area (Å²) in [6.45, 7) is 0.864. The molecular weight excluding hydrogens is 220 g/mol. The topological polar surface area (TPSA) is 38.0 Å². The summed E-state index contributed by atoms with van der Waals surface area (Å²) in [6, 6.07) is 7.83. The summed E-state index contributed by atoms with van der Waals surface area (Å²) in [4.78, 5) is 4.50. The summed E-state index contributed by atoms with van der Waals surface area (Å²) in [7, 11) is 0. The standard InChI is InChI=1S/C12H12N2OS/c15-10-6-3-7-14-11(10)13-9-5-2-1-4-8(9)12(14)16/h1-2,4-5,10,15H,3,6-7H2. The monoisotopic (exact) mass is 232 g/mol. The molecule has 1 unspecified atom stereocenters. The highest BCUT2D eigenvalue weighted by Crippen LogP contribution is 2.26. The zero-order chi connectivity index (χ0) is 11.1. The predicted molar refractivity (Wildman–Crippen MR) is 64.8 cm³/mol. The first kappa shape index (κ1) is 9.93. The van der Waals surface area contributed by atoms with Crippen molar-refractivity contribution in [3.63, 3.8) is 0 Å². The zero-order valence-corrected chi connectivity index (χ0v) is 9.57. The summed E-state index contributed by atoms with van der Waals surface area (Å²) in [5, 5.41) is 10.9. The molecule has 3 rings (SSSR count). The first-order valence-electron chi connectivity index (χ1n) is 5.45. The number of aliphatic hydroxyl groups excluding tert-OH is 1. The first-order valence-corrected chi connectivity index (χ1v) is 5.86. The van der Waals surface area contributed by atoms with Crippen LogP contribution in [0.25, 0.3) is 10.9 Å². The van der Waals surface area contributed by atoms with Crippen LogP contribution in [-0.4, -0.2) is 14.7 Å². The average molecular weight is 232 g/mol. The number of rotatable bonds is 0. The molecule has 1 atom stereocenters. The number of benzene rings is 1. The summed E-state index contributed by atoms with van der Waals surface area (Å²) in [5.41, 5.74) is 0.875. The van der Waals surface area contributed by atoms with Gasteiger partial charge in [0.05, 0.1) is 5.52 Å². The Hall–Kier alpha value is -1.26. The lowest BCUT2D eigenvalue weighted by Gasteiger charge is -2.23. The van der Waals surface area contributed by atoms with Gasteiger partial charge in [-0.2, -0.15) is 0 Å². The van der Waals surface area contributed by atoms with Gasteiger partial charge < -0.3 is 9.67 Å². The third kappa shape index (κ3) is 1.37. The minimum Gasteiger partial charge on any atom is -0.385 e. The number of fused-ring (bicyclic) bond motifs is 2. The third-order valence-electron chi connectivity index (χ3n) is 3.05. The van der Waals surface area contributed by atoms with E-state index in [2.05, 4.69) is 4.98 Å². The zero-order valence-electron chi connectivity index (χ0n) is 8.76. The van der Waals surface area contributed by atoms with Crippen LogP contribution in [0.15, 0.2) is 24.3 Å². The average Bonchev–Trinajstić information content (AvgIpc) is 2.31. The Morgan fingerprint density at radius 1 is 1.38 bits per heavy atom. The predicted octanol–water partition coefficient (Wildman–Crippen LogP) is 2.59. The summed E-state index contributed by atoms with van der Waals surface area (Å²) in [6.07, 6.45) is 1.27. The van der Waals surface area contributed by atoms with Crippen LogP contribution in [0.2, 0.25) is 0 Å². The second-order valence-electron chi connectivity index (χ2n) is 4.10. The van der Waals surface area contributed by atoms with E-state index in [1.165, 1.54) is 0 Å². The van der Waals surface area contributed by atoms with Crippen molar-refractivity contribution in [1.29, 1.82) is 0 Å². The molecule has 0 aliphatic carbocycles. The second-order valence-corrected chi connectivity index (χ2v) is 4.49. The fourth-order valence-corrected chi connectivity index (χ4v) is 2.58. The minimum atomic E-state index is -0.472. The molecule has 1 aromatic carbocycles. The van der Waals surface area contributed by atoms with Crippen molar-refractivity contribution in [1.82, 2.24) is 9.55 Å². The molecule has 82 valence electrons. The fraction of sp³-hybridized carbons (Fsp3) is 0.333. The quantitative estimate of drug-likeness (QED) is 0.709. The van der Waals surface area contributed by atoms with E-state index in [-0.39, 0.29) is 0 Å². The number of aromatic nitrogens is 2. The van der Waals surface area contributed by atoms with E-state index in [4.69, 9.17) is 12.2 Å². The van der Waals surface area contributed by atoms with Crippen LogP contribution >= 0.6 is 12.2 Å². The molecule has 0 fully saturated rings. The van der Waals surface area contributed by atoms with E-state index >= 15 is 0 Å². The van der Waals surface area contributed by atoms with Crippen LogP contribution in [0.3, 0.4) is 0 Å². The fourth-order valence-electron chi connectivity index (χ4n) is 2.23. The Labute approximate surface area is 98.4 Å². The van der Waals surface area contributed by atoms with E-state index in [0.29, 0.717) is 0 Å². The lowest BCUT2D eigenvalue weighted by Crippen LogP contribution is -2.20. The highest BCUT2D eigenvalue weighted by Gasteiger charge is 2.20. The van der Waals surface area contributed by atoms with Gasteiger partial charge in [-0.3, -0.25) is 0 Å². The molecule has 0 spiro atoms. The Morgan fingerprint density at radius 3 is 3.06 bits per heavy atom. The van der Waals surface area contributed by atoms with E-state index in [1.54, 1.807) is 0 Å². The highest BCUT2D eigenvalue weighted by atomic mass is 32.1. The minimum absolute atomic E-state index is 0.472. The number of hydrogen-bond donors (Lipinski definition) is 1. The molecule has 16 heavy (non-hydrogen) atoms. The Bertz CT molecular complexity index is 605. The van der Waals surface area contributed by atoms with E-state index in [1.807, 2.05) is 28.8 Å². The number of para-hydroxylation sites is 1. The third-order valence-corrected chi connectivity index (χ3v) is 3.49. The van der Waals surface area contributed by atoms with Crippen molar-refractivity contribution in [3.05, 3.63) is 34.7 Å². The Morgan fingerprint density at radius 2 is 2.19 bits per heavy atom. The summed E-state index contributed by atoms with van der Waals surface area (Å²) >= 11 is 5.45. The Balaban J connectivity index is 2.41. The molecule has 1 aliphatic heterocycles. The molecule has 0 radical (unpaired) electrons. The maximum Gasteiger partial charge on any atom is 0.139 e. The molecule has 0 amide bonds. The van der Waals surface area contributed by atoms with E-state index < -0.39 is 6.10 Å². The lowest BCUT2D eigenvalue weighted by molar-refractivity contribution is 0.131. The van der Waals surface area contributed by atoms with Crippen LogP contribution in [0.1, 0.15) is 24.8 Å². The smallest absolute Gasteiger partial charge is 0.139 e. The van der Waals surface area contributed by atoms with Gasteiger partial charge in [0.25, 0.3) is 0 Å². The molecule has 0 bridgehead atoms. The number of aliphatic hydroxyl groups is 1. The number of nitrogens with zero attached hydrogens (tertiary/aromatic N) is 2. The van der Waals surface area contributed by atoms with Gasteiger partial charge >= 0.3 is 0 Å². The van der Waals surface area contributed by atoms with Crippen LogP contribution in [0.4, 0.5) is 0 Å². The van der Waals surface area contributed by atoms with Gasteiger partial charge in [0, 0.05) is 11.9 Å².